The van der Waals surface area contributed by atoms with Gasteiger partial charge in [0.15, 0.2) is 0 Å². The van der Waals surface area contributed by atoms with E-state index in [1.54, 1.807) is 7.11 Å². The van der Waals surface area contributed by atoms with Gasteiger partial charge in [-0.3, -0.25) is 4.98 Å². The molecule has 2 heterocycles. The van der Waals surface area contributed by atoms with Crippen molar-refractivity contribution < 1.29 is 4.74 Å². The number of rotatable bonds is 2. The van der Waals surface area contributed by atoms with Gasteiger partial charge in [0.1, 0.15) is 5.75 Å². The summed E-state index contributed by atoms with van der Waals surface area (Å²) in [6.45, 7) is 3.15. The Balaban J connectivity index is 2.06. The van der Waals surface area contributed by atoms with Gasteiger partial charge in [-0.2, -0.15) is 0 Å². The topological polar surface area (TPSA) is 37.4 Å². The standard InChI is InChI=1S/C15H19N3O/c1-18-8-7-17-15(10-18)12-5-6-16-14-4-3-11(19-2)9-13(12)14/h3-6,9,15,17H,7-8,10H2,1-2H3. The Kier molecular flexibility index (Phi) is 3.36. The summed E-state index contributed by atoms with van der Waals surface area (Å²) in [4.78, 5) is 6.79. The maximum Gasteiger partial charge on any atom is 0.119 e. The molecule has 1 N–H and O–H groups in total. The normalized spacial score (nSPS) is 20.6. The first kappa shape index (κ1) is 12.4. The molecule has 0 amide bonds. The van der Waals surface area contributed by atoms with Crippen molar-refractivity contribution in [2.75, 3.05) is 33.8 Å². The van der Waals surface area contributed by atoms with Gasteiger partial charge in [0.05, 0.1) is 12.6 Å². The van der Waals surface area contributed by atoms with E-state index in [1.807, 2.05) is 18.3 Å². The third-order valence-corrected chi connectivity index (χ3v) is 3.74. The Morgan fingerprint density at radius 2 is 2.26 bits per heavy atom. The van der Waals surface area contributed by atoms with E-state index < -0.39 is 0 Å². The summed E-state index contributed by atoms with van der Waals surface area (Å²) >= 11 is 0. The van der Waals surface area contributed by atoms with Crippen LogP contribution in [0.1, 0.15) is 11.6 Å². The van der Waals surface area contributed by atoms with Gasteiger partial charge in [-0.15, -0.1) is 0 Å². The molecule has 1 aromatic heterocycles. The van der Waals surface area contributed by atoms with Gasteiger partial charge in [-0.25, -0.2) is 0 Å². The largest absolute Gasteiger partial charge is 0.497 e. The highest BCUT2D eigenvalue weighted by molar-refractivity contribution is 5.84. The first-order valence-electron chi connectivity index (χ1n) is 6.62. The fraction of sp³-hybridized carbons (Fsp3) is 0.400. The van der Waals surface area contributed by atoms with Gasteiger partial charge in [0.25, 0.3) is 0 Å². The summed E-state index contributed by atoms with van der Waals surface area (Å²) in [5.41, 5.74) is 2.32. The average molecular weight is 257 g/mol. The highest BCUT2D eigenvalue weighted by atomic mass is 16.5. The minimum Gasteiger partial charge on any atom is -0.497 e. The molecule has 3 rings (SSSR count). The Morgan fingerprint density at radius 3 is 3.05 bits per heavy atom. The summed E-state index contributed by atoms with van der Waals surface area (Å²) in [6.07, 6.45) is 1.89. The second-order valence-electron chi connectivity index (χ2n) is 5.05. The van der Waals surface area contributed by atoms with E-state index in [4.69, 9.17) is 4.74 Å². The molecule has 1 atom stereocenters. The highest BCUT2D eigenvalue weighted by Crippen LogP contribution is 2.27. The maximum absolute atomic E-state index is 5.33. The van der Waals surface area contributed by atoms with Crippen LogP contribution in [-0.2, 0) is 0 Å². The number of hydrogen-bond donors (Lipinski definition) is 1. The lowest BCUT2D eigenvalue weighted by molar-refractivity contribution is 0.241. The SMILES string of the molecule is COc1ccc2nccc(C3CN(C)CCN3)c2c1. The number of nitrogens with zero attached hydrogens (tertiary/aromatic N) is 2. The van der Waals surface area contributed by atoms with Crippen LogP contribution in [0.3, 0.4) is 0 Å². The molecule has 19 heavy (non-hydrogen) atoms. The first-order chi connectivity index (χ1) is 9.28. The number of piperazine rings is 1. The number of aromatic nitrogens is 1. The molecule has 4 nitrogen and oxygen atoms in total. The van der Waals surface area contributed by atoms with Crippen LogP contribution < -0.4 is 10.1 Å². The van der Waals surface area contributed by atoms with Crippen LogP contribution in [-0.4, -0.2) is 43.7 Å². The van der Waals surface area contributed by atoms with Crippen LogP contribution in [0.25, 0.3) is 10.9 Å². The molecular formula is C15H19N3O. The number of methoxy groups -OCH3 is 1. The fourth-order valence-corrected chi connectivity index (χ4v) is 2.68. The van der Waals surface area contributed by atoms with Crippen molar-refractivity contribution in [3.63, 3.8) is 0 Å². The zero-order chi connectivity index (χ0) is 13.2. The van der Waals surface area contributed by atoms with Crippen molar-refractivity contribution in [2.45, 2.75) is 6.04 Å². The molecule has 1 aliphatic rings. The van der Waals surface area contributed by atoms with Crippen molar-refractivity contribution in [2.24, 2.45) is 0 Å². The molecular weight excluding hydrogens is 238 g/mol. The molecule has 0 saturated carbocycles. The molecule has 4 heteroatoms. The first-order valence-corrected chi connectivity index (χ1v) is 6.62. The van der Waals surface area contributed by atoms with Gasteiger partial charge < -0.3 is 15.0 Å². The molecule has 0 aliphatic carbocycles. The fourth-order valence-electron chi connectivity index (χ4n) is 2.68. The highest BCUT2D eigenvalue weighted by Gasteiger charge is 2.20. The van der Waals surface area contributed by atoms with E-state index in [-0.39, 0.29) is 0 Å². The summed E-state index contributed by atoms with van der Waals surface area (Å²) in [6, 6.07) is 8.52. The number of hydrogen-bond acceptors (Lipinski definition) is 4. The number of pyridine rings is 1. The van der Waals surface area contributed by atoms with Crippen molar-refractivity contribution >= 4 is 10.9 Å². The third-order valence-electron chi connectivity index (χ3n) is 3.74. The molecule has 1 unspecified atom stereocenters. The zero-order valence-electron chi connectivity index (χ0n) is 11.4. The smallest absolute Gasteiger partial charge is 0.119 e. The Labute approximate surface area is 113 Å². The minimum absolute atomic E-state index is 0.358. The van der Waals surface area contributed by atoms with Crippen LogP contribution in [0.15, 0.2) is 30.5 Å². The number of nitrogens with one attached hydrogen (secondary N) is 1. The van der Waals surface area contributed by atoms with Crippen LogP contribution in [0.5, 0.6) is 5.75 Å². The Hall–Kier alpha value is -1.65. The summed E-state index contributed by atoms with van der Waals surface area (Å²) in [7, 11) is 3.86. The number of benzene rings is 1. The number of fused-ring (bicyclic) bond motifs is 1. The van der Waals surface area contributed by atoms with E-state index in [1.165, 1.54) is 10.9 Å². The maximum atomic E-state index is 5.33. The zero-order valence-corrected chi connectivity index (χ0v) is 11.4. The quantitative estimate of drug-likeness (QED) is 0.890. The molecule has 1 fully saturated rings. The molecule has 2 aromatic rings. The summed E-state index contributed by atoms with van der Waals surface area (Å²) in [5.74, 6) is 0.880. The summed E-state index contributed by atoms with van der Waals surface area (Å²) in [5, 5.41) is 4.76. The lowest BCUT2D eigenvalue weighted by atomic mass is 10.00. The van der Waals surface area contributed by atoms with E-state index >= 15 is 0 Å². The van der Waals surface area contributed by atoms with E-state index in [0.717, 1.165) is 30.9 Å². The molecule has 1 aliphatic heterocycles. The molecule has 1 saturated heterocycles. The summed E-state index contributed by atoms with van der Waals surface area (Å²) < 4.78 is 5.33. The van der Waals surface area contributed by atoms with Crippen molar-refractivity contribution in [3.8, 4) is 5.75 Å². The molecule has 1 aromatic carbocycles. The van der Waals surface area contributed by atoms with Gasteiger partial charge in [-0.1, -0.05) is 0 Å². The van der Waals surface area contributed by atoms with Crippen LogP contribution in [0.4, 0.5) is 0 Å². The number of likely N-dealkylation sites (N-methyl/N-ethyl adjacent to an activating group) is 1. The van der Waals surface area contributed by atoms with Crippen molar-refractivity contribution in [1.29, 1.82) is 0 Å². The van der Waals surface area contributed by atoms with Crippen LogP contribution in [0, 0.1) is 0 Å². The molecule has 100 valence electrons. The van der Waals surface area contributed by atoms with Crippen molar-refractivity contribution in [3.05, 3.63) is 36.0 Å². The minimum atomic E-state index is 0.358. The van der Waals surface area contributed by atoms with Crippen LogP contribution in [0.2, 0.25) is 0 Å². The average Bonchev–Trinajstić information content (AvgIpc) is 2.46. The van der Waals surface area contributed by atoms with E-state index in [2.05, 4.69) is 34.4 Å². The lowest BCUT2D eigenvalue weighted by Crippen LogP contribution is -2.43. The predicted octanol–water partition coefficient (Wildman–Crippen LogP) is 1.82. The van der Waals surface area contributed by atoms with Gasteiger partial charge >= 0.3 is 0 Å². The molecule has 0 radical (unpaired) electrons. The van der Waals surface area contributed by atoms with E-state index in [9.17, 15) is 0 Å². The Bertz CT molecular complexity index is 585. The molecule has 0 bridgehead atoms. The lowest BCUT2D eigenvalue weighted by Gasteiger charge is -2.31. The van der Waals surface area contributed by atoms with Gasteiger partial charge in [-0.05, 0) is 36.9 Å². The third kappa shape index (κ3) is 2.41. The van der Waals surface area contributed by atoms with E-state index in [0.29, 0.717) is 6.04 Å². The second-order valence-corrected chi connectivity index (χ2v) is 5.05. The monoisotopic (exact) mass is 257 g/mol. The number of ether oxygens (including phenoxy) is 1. The predicted molar refractivity (Wildman–Crippen MR) is 76.5 cm³/mol. The second kappa shape index (κ2) is 5.15. The van der Waals surface area contributed by atoms with Gasteiger partial charge in [0.2, 0.25) is 0 Å². The Morgan fingerprint density at radius 1 is 1.37 bits per heavy atom. The molecule has 0 spiro atoms. The van der Waals surface area contributed by atoms with Gasteiger partial charge in [0, 0.05) is 37.3 Å². The van der Waals surface area contributed by atoms with Crippen molar-refractivity contribution in [1.82, 2.24) is 15.2 Å². The van der Waals surface area contributed by atoms with Crippen LogP contribution >= 0.6 is 0 Å².